The molecule has 9 heteroatoms. The van der Waals surface area contributed by atoms with Gasteiger partial charge in [0.15, 0.2) is 5.96 Å². The Bertz CT molecular complexity index is 1090. The molecule has 0 saturated carbocycles. The summed E-state index contributed by atoms with van der Waals surface area (Å²) in [5.41, 5.74) is 13.7. The third-order valence-corrected chi connectivity index (χ3v) is 5.75. The third-order valence-electron chi connectivity index (χ3n) is 5.75. The van der Waals surface area contributed by atoms with E-state index in [2.05, 4.69) is 5.32 Å². The van der Waals surface area contributed by atoms with Gasteiger partial charge < -0.3 is 26.4 Å². The van der Waals surface area contributed by atoms with Gasteiger partial charge in [-0.3, -0.25) is 15.0 Å². The number of nitrogens with one attached hydrogen (secondary N) is 2. The van der Waals surface area contributed by atoms with Crippen LogP contribution in [0.25, 0.3) is 0 Å². The van der Waals surface area contributed by atoms with Crippen LogP contribution in [0.4, 0.5) is 0 Å². The largest absolute Gasteiger partial charge is 0.497 e. The summed E-state index contributed by atoms with van der Waals surface area (Å²) < 4.78 is 5.24. The average molecular weight is 510 g/mol. The van der Waals surface area contributed by atoms with Crippen LogP contribution < -0.4 is 21.5 Å². The van der Waals surface area contributed by atoms with E-state index in [9.17, 15) is 9.59 Å². The highest BCUT2D eigenvalue weighted by atomic mass is 35.5. The number of ether oxygens (including phenoxy) is 1. The first-order valence-corrected chi connectivity index (χ1v) is 11.3. The Morgan fingerprint density at radius 2 is 1.44 bits per heavy atom. The van der Waals surface area contributed by atoms with Crippen molar-refractivity contribution in [2.45, 2.75) is 24.9 Å². The predicted molar refractivity (Wildman–Crippen MR) is 143 cm³/mol. The molecule has 36 heavy (non-hydrogen) atoms. The first-order chi connectivity index (χ1) is 16.9. The number of hydrogen-bond acceptors (Lipinski definition) is 4. The second-order valence-corrected chi connectivity index (χ2v) is 8.12. The molecule has 0 saturated heterocycles. The van der Waals surface area contributed by atoms with Crippen molar-refractivity contribution in [2.75, 3.05) is 13.7 Å². The minimum atomic E-state index is -0.911. The van der Waals surface area contributed by atoms with Crippen molar-refractivity contribution in [2.24, 2.45) is 11.5 Å². The zero-order valence-corrected chi connectivity index (χ0v) is 20.9. The van der Waals surface area contributed by atoms with Crippen molar-refractivity contribution in [3.63, 3.8) is 0 Å². The normalized spacial score (nSPS) is 11.2. The van der Waals surface area contributed by atoms with Crippen molar-refractivity contribution in [3.8, 4) is 5.75 Å². The van der Waals surface area contributed by atoms with Crippen molar-refractivity contribution in [1.82, 2.24) is 10.2 Å². The van der Waals surface area contributed by atoms with Crippen molar-refractivity contribution in [1.29, 1.82) is 5.41 Å². The molecule has 0 fully saturated rings. The Hall–Kier alpha value is -4.04. The molecule has 0 aliphatic rings. The SMILES string of the molecule is COc1ccc(CN(C(=O)C(c2ccccc2)c2ccccc2)[C@H](CCNC(=N)N)C(N)=O)cc1.Cl. The van der Waals surface area contributed by atoms with Gasteiger partial charge in [-0.2, -0.15) is 0 Å². The Kier molecular flexibility index (Phi) is 10.8. The molecule has 2 amide bonds. The molecule has 0 heterocycles. The number of benzene rings is 3. The molecule has 8 nitrogen and oxygen atoms in total. The molecule has 0 bridgehead atoms. The molecule has 0 spiro atoms. The molecule has 0 unspecified atom stereocenters. The topological polar surface area (TPSA) is 135 Å². The van der Waals surface area contributed by atoms with Gasteiger partial charge in [-0.15, -0.1) is 12.4 Å². The maximum atomic E-state index is 14.2. The molecule has 0 radical (unpaired) electrons. The fourth-order valence-electron chi connectivity index (χ4n) is 4.00. The van der Waals surface area contributed by atoms with E-state index in [0.29, 0.717) is 5.75 Å². The van der Waals surface area contributed by atoms with E-state index >= 15 is 0 Å². The van der Waals surface area contributed by atoms with Crippen LogP contribution in [-0.4, -0.2) is 42.4 Å². The monoisotopic (exact) mass is 509 g/mol. The number of rotatable bonds is 11. The number of hydrogen-bond donors (Lipinski definition) is 4. The molecular weight excluding hydrogens is 478 g/mol. The molecule has 3 aromatic rings. The number of primary amides is 1. The van der Waals surface area contributed by atoms with Gasteiger partial charge in [0.25, 0.3) is 0 Å². The van der Waals surface area contributed by atoms with Gasteiger partial charge >= 0.3 is 0 Å². The van der Waals surface area contributed by atoms with Crippen LogP contribution in [0.15, 0.2) is 84.9 Å². The van der Waals surface area contributed by atoms with Gasteiger partial charge in [-0.1, -0.05) is 72.8 Å². The molecular formula is C27H32ClN5O3. The summed E-state index contributed by atoms with van der Waals surface area (Å²) in [4.78, 5) is 28.3. The smallest absolute Gasteiger partial charge is 0.240 e. The average Bonchev–Trinajstić information content (AvgIpc) is 2.87. The maximum absolute atomic E-state index is 14.2. The van der Waals surface area contributed by atoms with Crippen LogP contribution in [0.3, 0.4) is 0 Å². The van der Waals surface area contributed by atoms with Crippen LogP contribution in [0, 0.1) is 5.41 Å². The van der Waals surface area contributed by atoms with Crippen LogP contribution in [0.2, 0.25) is 0 Å². The lowest BCUT2D eigenvalue weighted by atomic mass is 9.89. The van der Waals surface area contributed by atoms with E-state index in [0.717, 1.165) is 16.7 Å². The summed E-state index contributed by atoms with van der Waals surface area (Å²) in [6, 6.07) is 25.3. The highest BCUT2D eigenvalue weighted by Gasteiger charge is 2.34. The third kappa shape index (κ3) is 7.48. The lowest BCUT2D eigenvalue weighted by molar-refractivity contribution is -0.140. The molecule has 0 aromatic heterocycles. The van der Waals surface area contributed by atoms with Gasteiger partial charge in [-0.25, -0.2) is 0 Å². The molecule has 6 N–H and O–H groups in total. The van der Waals surface area contributed by atoms with Gasteiger partial charge in [0.2, 0.25) is 11.8 Å². The Morgan fingerprint density at radius 3 is 1.89 bits per heavy atom. The zero-order valence-electron chi connectivity index (χ0n) is 20.1. The second-order valence-electron chi connectivity index (χ2n) is 8.12. The van der Waals surface area contributed by atoms with Crippen LogP contribution >= 0.6 is 12.4 Å². The van der Waals surface area contributed by atoms with Crippen molar-refractivity contribution in [3.05, 3.63) is 102 Å². The zero-order chi connectivity index (χ0) is 25.2. The summed E-state index contributed by atoms with van der Waals surface area (Å²) in [5.74, 6) is -1.02. The number of carbonyl (C=O) groups is 2. The van der Waals surface area contributed by atoms with E-state index in [4.69, 9.17) is 21.6 Å². The summed E-state index contributed by atoms with van der Waals surface area (Å²) in [5, 5.41) is 10.1. The molecule has 3 rings (SSSR count). The Labute approximate surface area is 217 Å². The van der Waals surface area contributed by atoms with E-state index in [1.54, 1.807) is 19.2 Å². The summed E-state index contributed by atoms with van der Waals surface area (Å²) in [7, 11) is 1.58. The molecule has 1 atom stereocenters. The number of carbonyl (C=O) groups excluding carboxylic acids is 2. The molecule has 190 valence electrons. The number of halogens is 1. The van der Waals surface area contributed by atoms with Crippen LogP contribution in [0.5, 0.6) is 5.75 Å². The van der Waals surface area contributed by atoms with E-state index in [-0.39, 0.29) is 43.8 Å². The number of nitrogens with zero attached hydrogens (tertiary/aromatic N) is 1. The fourth-order valence-corrected chi connectivity index (χ4v) is 4.00. The summed E-state index contributed by atoms with van der Waals surface area (Å²) >= 11 is 0. The molecule has 0 aliphatic heterocycles. The fraction of sp³-hybridized carbons (Fsp3) is 0.222. The molecule has 3 aromatic carbocycles. The van der Waals surface area contributed by atoms with E-state index in [1.165, 1.54) is 4.90 Å². The maximum Gasteiger partial charge on any atom is 0.240 e. The Morgan fingerprint density at radius 1 is 0.917 bits per heavy atom. The predicted octanol–water partition coefficient (Wildman–Crippen LogP) is 3.00. The second kappa shape index (κ2) is 13.7. The number of guanidine groups is 1. The van der Waals surface area contributed by atoms with Crippen molar-refractivity contribution < 1.29 is 14.3 Å². The minimum Gasteiger partial charge on any atom is -0.497 e. The Balaban J connectivity index is 0.00000456. The number of amides is 2. The summed E-state index contributed by atoms with van der Waals surface area (Å²) in [6.07, 6.45) is 0.201. The van der Waals surface area contributed by atoms with Gasteiger partial charge in [-0.05, 0) is 35.2 Å². The minimum absolute atomic E-state index is 0. The number of nitrogens with two attached hydrogens (primary N) is 2. The highest BCUT2D eigenvalue weighted by molar-refractivity contribution is 5.92. The lowest BCUT2D eigenvalue weighted by Gasteiger charge is -2.33. The first-order valence-electron chi connectivity index (χ1n) is 11.3. The summed E-state index contributed by atoms with van der Waals surface area (Å²) in [6.45, 7) is 0.392. The highest BCUT2D eigenvalue weighted by Crippen LogP contribution is 2.29. The van der Waals surface area contributed by atoms with Gasteiger partial charge in [0.1, 0.15) is 11.8 Å². The van der Waals surface area contributed by atoms with Gasteiger partial charge in [0.05, 0.1) is 13.0 Å². The molecule has 0 aliphatic carbocycles. The van der Waals surface area contributed by atoms with E-state index < -0.39 is 17.9 Å². The van der Waals surface area contributed by atoms with Crippen LogP contribution in [-0.2, 0) is 16.1 Å². The lowest BCUT2D eigenvalue weighted by Crippen LogP contribution is -2.50. The van der Waals surface area contributed by atoms with Crippen LogP contribution in [0.1, 0.15) is 29.0 Å². The number of methoxy groups -OCH3 is 1. The van der Waals surface area contributed by atoms with Gasteiger partial charge in [0, 0.05) is 13.1 Å². The quantitative estimate of drug-likeness (QED) is 0.233. The van der Waals surface area contributed by atoms with E-state index in [1.807, 2.05) is 72.8 Å². The first kappa shape index (κ1) is 28.2. The van der Waals surface area contributed by atoms with Crippen molar-refractivity contribution >= 4 is 30.2 Å². The standard InChI is InChI=1S/C27H31N5O3.ClH/c1-35-22-14-12-19(13-15-22)18-32(23(25(28)33)16-17-31-27(29)30)26(34)24(20-8-4-2-5-9-20)21-10-6-3-7-11-21;/h2-15,23-24H,16-18H2,1H3,(H2,28,33)(H4,29,30,31);1H/t23-;/m1./s1.